The van der Waals surface area contributed by atoms with E-state index >= 15 is 0 Å². The van der Waals surface area contributed by atoms with Crippen LogP contribution in [0.2, 0.25) is 0 Å². The van der Waals surface area contributed by atoms with Gasteiger partial charge in [-0.1, -0.05) is 58.6 Å². The van der Waals surface area contributed by atoms with Crippen LogP contribution < -0.4 is 5.32 Å². The van der Waals surface area contributed by atoms with Crippen LogP contribution in [0.25, 0.3) is 22.3 Å². The second kappa shape index (κ2) is 13.6. The molecule has 0 radical (unpaired) electrons. The van der Waals surface area contributed by atoms with Gasteiger partial charge in [0.2, 0.25) is 17.7 Å². The van der Waals surface area contributed by atoms with Crippen LogP contribution in [-0.2, 0) is 14.3 Å². The van der Waals surface area contributed by atoms with E-state index in [4.69, 9.17) is 19.1 Å². The molecule has 4 aromatic rings. The van der Waals surface area contributed by atoms with Gasteiger partial charge in [0.1, 0.15) is 29.9 Å². The predicted octanol–water partition coefficient (Wildman–Crippen LogP) is 7.40. The van der Waals surface area contributed by atoms with Crippen LogP contribution in [0.15, 0.2) is 53.1 Å². The first-order valence-corrected chi connectivity index (χ1v) is 19.4. The smallest absolute Gasteiger partial charge is 0.407 e. The molecule has 282 valence electrons. The molecule has 2 aromatic carbocycles. The van der Waals surface area contributed by atoms with Crippen molar-refractivity contribution in [3.05, 3.63) is 71.6 Å². The van der Waals surface area contributed by atoms with E-state index in [0.29, 0.717) is 24.0 Å². The van der Waals surface area contributed by atoms with Crippen LogP contribution >= 0.6 is 0 Å². The van der Waals surface area contributed by atoms with Gasteiger partial charge in [0.25, 0.3) is 0 Å². The molecule has 11 nitrogen and oxygen atoms in total. The predicted molar refractivity (Wildman–Crippen MR) is 204 cm³/mol. The van der Waals surface area contributed by atoms with Gasteiger partial charge in [-0.05, 0) is 91.5 Å². The summed E-state index contributed by atoms with van der Waals surface area (Å²) >= 11 is 0. The molecular weight excluding hydrogens is 681 g/mol. The number of methoxy groups -OCH3 is 1. The maximum Gasteiger partial charge on any atom is 0.407 e. The molecule has 2 aromatic heterocycles. The number of nitrogens with one attached hydrogen (secondary N) is 2. The van der Waals surface area contributed by atoms with Crippen LogP contribution in [0, 0.1) is 40.4 Å². The average Bonchev–Trinajstić information content (AvgIpc) is 3.78. The lowest BCUT2D eigenvalue weighted by Gasteiger charge is -2.29. The van der Waals surface area contributed by atoms with Crippen molar-refractivity contribution in [2.24, 2.45) is 28.6 Å². The molecule has 2 saturated carbocycles. The first-order chi connectivity index (χ1) is 25.9. The highest BCUT2D eigenvalue weighted by atomic mass is 16.5. The van der Waals surface area contributed by atoms with Crippen molar-refractivity contribution < 1.29 is 23.5 Å². The summed E-state index contributed by atoms with van der Waals surface area (Å²) in [6, 6.07) is 12.9. The molecule has 4 heterocycles. The fraction of sp³-hybridized carbons (Fsp3) is 0.512. The number of aromatic nitrogens is 3. The minimum Gasteiger partial charge on any atom is -0.453 e. The summed E-state index contributed by atoms with van der Waals surface area (Å²) in [7, 11) is 1.30. The van der Waals surface area contributed by atoms with E-state index in [-0.39, 0.29) is 46.6 Å². The molecule has 4 atom stereocenters. The maximum absolute atomic E-state index is 13.8. The number of rotatable bonds is 8. The van der Waals surface area contributed by atoms with Crippen LogP contribution in [0.3, 0.4) is 0 Å². The number of carbonyl (C=O) groups excluding carboxylic acids is 3. The normalized spacial score (nSPS) is 21.8. The van der Waals surface area contributed by atoms with E-state index in [1.165, 1.54) is 20.0 Å². The molecule has 4 aliphatic rings. The molecule has 2 N–H and O–H groups in total. The fourth-order valence-corrected chi connectivity index (χ4v) is 8.25. The molecule has 0 bridgehead atoms. The van der Waals surface area contributed by atoms with Gasteiger partial charge in [0.05, 0.1) is 24.2 Å². The molecule has 2 saturated heterocycles. The van der Waals surface area contributed by atoms with E-state index < -0.39 is 12.1 Å². The Balaban J connectivity index is 0.959. The molecule has 11 heteroatoms. The Hall–Kier alpha value is -5.11. The van der Waals surface area contributed by atoms with Crippen molar-refractivity contribution in [2.45, 2.75) is 91.3 Å². The van der Waals surface area contributed by atoms with Crippen molar-refractivity contribution in [3.63, 3.8) is 0 Å². The molecule has 54 heavy (non-hydrogen) atoms. The third-order valence-electron chi connectivity index (χ3n) is 12.4. The lowest BCUT2D eigenvalue weighted by atomic mass is 9.96. The lowest BCUT2D eigenvalue weighted by molar-refractivity contribution is -0.137. The standard InChI is InChI=1S/C43H50N6O5/c1-25(2)27(5)39(50)48-23-42(15-16-42)20-34(48)37-44-31-14-11-29(19-32(31)45-37)8-7-28-9-12-30(13-10-28)33-22-54-38(46-33)35-21-43(17-18-43)24-49(35)40(51)36(26(3)4)47-41(52)53-6/h9-14,19,22,25-27,34-36H,15-18,20-21,23-24H2,1-6H3,(H,44,45)(H,47,52)/t27-,34-,35-,36-/m0/s1. The van der Waals surface area contributed by atoms with Crippen LogP contribution in [0.1, 0.15) is 108 Å². The number of oxazole rings is 1. The largest absolute Gasteiger partial charge is 0.453 e. The van der Waals surface area contributed by atoms with Gasteiger partial charge in [0, 0.05) is 35.7 Å². The van der Waals surface area contributed by atoms with Crippen molar-refractivity contribution in [3.8, 4) is 23.1 Å². The Labute approximate surface area is 316 Å². The Kier molecular flexibility index (Phi) is 9.06. The van der Waals surface area contributed by atoms with Gasteiger partial charge >= 0.3 is 6.09 Å². The number of aromatic amines is 1. The molecule has 2 aliphatic carbocycles. The van der Waals surface area contributed by atoms with Crippen molar-refractivity contribution >= 4 is 28.9 Å². The Morgan fingerprint density at radius 3 is 2.11 bits per heavy atom. The van der Waals surface area contributed by atoms with E-state index in [1.807, 2.05) is 68.1 Å². The number of nitrogens with zero attached hydrogens (tertiary/aromatic N) is 4. The monoisotopic (exact) mass is 730 g/mol. The summed E-state index contributed by atoms with van der Waals surface area (Å²) in [5, 5.41) is 2.72. The van der Waals surface area contributed by atoms with Crippen LogP contribution in [0.4, 0.5) is 4.79 Å². The number of H-pyrrole nitrogens is 1. The highest BCUT2D eigenvalue weighted by molar-refractivity contribution is 5.86. The van der Waals surface area contributed by atoms with Gasteiger partial charge in [-0.25, -0.2) is 14.8 Å². The quantitative estimate of drug-likeness (QED) is 0.181. The molecule has 2 spiro atoms. The molecule has 0 unspecified atom stereocenters. The van der Waals surface area contributed by atoms with Gasteiger partial charge in [-0.2, -0.15) is 0 Å². The third-order valence-corrected chi connectivity index (χ3v) is 12.4. The Bertz CT molecular complexity index is 2150. The number of hydrogen-bond donors (Lipinski definition) is 2. The summed E-state index contributed by atoms with van der Waals surface area (Å²) in [5.74, 6) is 8.20. The topological polar surface area (TPSA) is 134 Å². The first-order valence-electron chi connectivity index (χ1n) is 19.4. The Morgan fingerprint density at radius 2 is 1.48 bits per heavy atom. The minimum absolute atomic E-state index is 0.0213. The summed E-state index contributed by atoms with van der Waals surface area (Å²) < 4.78 is 10.8. The Morgan fingerprint density at radius 1 is 0.852 bits per heavy atom. The van der Waals surface area contributed by atoms with Gasteiger partial charge in [-0.3, -0.25) is 9.59 Å². The third kappa shape index (κ3) is 6.87. The summed E-state index contributed by atoms with van der Waals surface area (Å²) in [4.78, 5) is 56.6. The van der Waals surface area contributed by atoms with E-state index in [2.05, 4.69) is 40.9 Å². The zero-order valence-corrected chi connectivity index (χ0v) is 32.1. The van der Waals surface area contributed by atoms with Gasteiger partial charge in [-0.15, -0.1) is 0 Å². The molecule has 2 aliphatic heterocycles. The average molecular weight is 731 g/mol. The number of hydrogen-bond acceptors (Lipinski definition) is 7. The second-order valence-electron chi connectivity index (χ2n) is 17.0. The molecule has 8 rings (SSSR count). The number of benzene rings is 2. The summed E-state index contributed by atoms with van der Waals surface area (Å²) in [5.41, 5.74) is 5.47. The van der Waals surface area contributed by atoms with Gasteiger partial charge in [0.15, 0.2) is 0 Å². The maximum atomic E-state index is 13.8. The highest BCUT2D eigenvalue weighted by Crippen LogP contribution is 2.59. The number of likely N-dealkylation sites (tertiary alicyclic amines) is 2. The van der Waals surface area contributed by atoms with E-state index in [1.54, 1.807) is 6.26 Å². The minimum atomic E-state index is -0.705. The number of alkyl carbamates (subject to hydrolysis) is 1. The van der Waals surface area contributed by atoms with E-state index in [9.17, 15) is 14.4 Å². The second-order valence-corrected chi connectivity index (χ2v) is 17.0. The number of imidazole rings is 1. The number of amides is 3. The zero-order chi connectivity index (χ0) is 37.9. The van der Waals surface area contributed by atoms with Crippen molar-refractivity contribution in [1.29, 1.82) is 0 Å². The molecule has 4 fully saturated rings. The number of ether oxygens (including phenoxy) is 1. The summed E-state index contributed by atoms with van der Waals surface area (Å²) in [6.07, 6.45) is 7.28. The number of carbonyl (C=O) groups is 3. The van der Waals surface area contributed by atoms with Crippen LogP contribution in [-0.4, -0.2) is 68.9 Å². The van der Waals surface area contributed by atoms with Crippen molar-refractivity contribution in [2.75, 3.05) is 20.2 Å². The SMILES string of the molecule is COC(=O)N[C@H](C(=O)N1CC2(CC2)C[C@H]1c1nc(-c2ccc(C#Cc3ccc4nc([C@@H]5CC6(CC6)CN5C(=O)[C@@H](C)C(C)C)[nH]c4c3)cc2)co1)C(C)C. The van der Waals surface area contributed by atoms with Gasteiger partial charge < -0.3 is 29.3 Å². The fourth-order valence-electron chi connectivity index (χ4n) is 8.25. The summed E-state index contributed by atoms with van der Waals surface area (Å²) in [6.45, 7) is 11.5. The molecular formula is C43H50N6O5. The molecule has 3 amide bonds. The number of fused-ring (bicyclic) bond motifs is 1. The van der Waals surface area contributed by atoms with E-state index in [0.717, 1.165) is 65.8 Å². The van der Waals surface area contributed by atoms with Crippen LogP contribution in [0.5, 0.6) is 0 Å². The van der Waals surface area contributed by atoms with Crippen molar-refractivity contribution in [1.82, 2.24) is 30.1 Å². The first kappa shape index (κ1) is 35.9. The zero-order valence-electron chi connectivity index (χ0n) is 32.1. The highest BCUT2D eigenvalue weighted by Gasteiger charge is 2.56. The lowest BCUT2D eigenvalue weighted by Crippen LogP contribution is -2.51.